The molecule has 1 fully saturated rings. The summed E-state index contributed by atoms with van der Waals surface area (Å²) in [4.78, 5) is 14.0. The van der Waals surface area contributed by atoms with E-state index in [-0.39, 0.29) is 12.5 Å². The zero-order chi connectivity index (χ0) is 12.5. The van der Waals surface area contributed by atoms with Crippen LogP contribution in [0.2, 0.25) is 0 Å². The van der Waals surface area contributed by atoms with Crippen LogP contribution in [0.3, 0.4) is 0 Å². The molecule has 1 amide bonds. The molecular weight excluding hydrogens is 214 g/mol. The van der Waals surface area contributed by atoms with Crippen molar-refractivity contribution in [3.05, 3.63) is 29.8 Å². The average molecular weight is 233 g/mol. The maximum absolute atomic E-state index is 12.3. The van der Waals surface area contributed by atoms with Crippen LogP contribution in [0.25, 0.3) is 0 Å². The monoisotopic (exact) mass is 233 g/mol. The Kier molecular flexibility index (Phi) is 3.20. The van der Waals surface area contributed by atoms with Gasteiger partial charge in [-0.2, -0.15) is 0 Å². The predicted molar refractivity (Wildman–Crippen MR) is 68.0 cm³/mol. The quantitative estimate of drug-likeness (QED) is 0.868. The smallest absolute Gasteiger partial charge is 0.235 e. The van der Waals surface area contributed by atoms with Crippen molar-refractivity contribution in [1.82, 2.24) is 0 Å². The number of rotatable bonds is 3. The van der Waals surface area contributed by atoms with Crippen molar-refractivity contribution in [3.8, 4) is 0 Å². The van der Waals surface area contributed by atoms with Crippen LogP contribution in [0.15, 0.2) is 24.3 Å². The van der Waals surface area contributed by atoms with Crippen LogP contribution in [-0.4, -0.2) is 24.7 Å². The highest BCUT2D eigenvalue weighted by Crippen LogP contribution is 2.42. The predicted octanol–water partition coefficient (Wildman–Crippen LogP) is 2.12. The summed E-state index contributed by atoms with van der Waals surface area (Å²) >= 11 is 0. The lowest BCUT2D eigenvalue weighted by Gasteiger charge is -2.41. The third-order valence-electron chi connectivity index (χ3n) is 3.79. The summed E-state index contributed by atoms with van der Waals surface area (Å²) < 4.78 is 0. The number of benzene rings is 1. The highest BCUT2D eigenvalue weighted by molar-refractivity contribution is 5.97. The minimum Gasteiger partial charge on any atom is -0.395 e. The lowest BCUT2D eigenvalue weighted by molar-refractivity contribution is -0.136. The van der Waals surface area contributed by atoms with E-state index in [0.29, 0.717) is 0 Å². The van der Waals surface area contributed by atoms with Gasteiger partial charge in [0, 0.05) is 12.7 Å². The van der Waals surface area contributed by atoms with Crippen molar-refractivity contribution in [3.63, 3.8) is 0 Å². The van der Waals surface area contributed by atoms with Gasteiger partial charge in [-0.1, -0.05) is 24.1 Å². The first-order valence-corrected chi connectivity index (χ1v) is 6.05. The summed E-state index contributed by atoms with van der Waals surface area (Å²) in [6.45, 7) is 1.98. The van der Waals surface area contributed by atoms with Gasteiger partial charge in [-0.05, 0) is 31.9 Å². The van der Waals surface area contributed by atoms with E-state index in [4.69, 9.17) is 0 Å². The van der Waals surface area contributed by atoms with Crippen LogP contribution in [-0.2, 0) is 4.79 Å². The molecule has 0 bridgehead atoms. The first-order valence-electron chi connectivity index (χ1n) is 6.05. The highest BCUT2D eigenvalue weighted by atomic mass is 16.3. The van der Waals surface area contributed by atoms with Crippen LogP contribution < -0.4 is 4.90 Å². The normalized spacial score (nSPS) is 17.4. The minimum atomic E-state index is -0.514. The molecule has 1 saturated carbocycles. The van der Waals surface area contributed by atoms with Crippen LogP contribution in [0.4, 0.5) is 5.69 Å². The number of hydrogen-bond donors (Lipinski definition) is 1. The molecule has 0 heterocycles. The minimum absolute atomic E-state index is 0.0371. The largest absolute Gasteiger partial charge is 0.395 e. The van der Waals surface area contributed by atoms with Gasteiger partial charge in [0.15, 0.2) is 0 Å². The fourth-order valence-corrected chi connectivity index (χ4v) is 2.28. The number of aliphatic hydroxyl groups is 1. The summed E-state index contributed by atoms with van der Waals surface area (Å²) in [5.41, 5.74) is 1.55. The number of amides is 1. The third-order valence-corrected chi connectivity index (χ3v) is 3.79. The van der Waals surface area contributed by atoms with Gasteiger partial charge in [0.2, 0.25) is 5.91 Å². The fourth-order valence-electron chi connectivity index (χ4n) is 2.28. The van der Waals surface area contributed by atoms with E-state index in [1.165, 1.54) is 5.56 Å². The summed E-state index contributed by atoms with van der Waals surface area (Å²) in [6, 6.07) is 7.87. The molecule has 3 heteroatoms. The van der Waals surface area contributed by atoms with Gasteiger partial charge >= 0.3 is 0 Å². The van der Waals surface area contributed by atoms with Gasteiger partial charge in [0.1, 0.15) is 0 Å². The molecule has 1 aromatic carbocycles. The zero-order valence-corrected chi connectivity index (χ0v) is 10.4. The Morgan fingerprint density at radius 2 is 1.94 bits per heavy atom. The molecule has 1 N–H and O–H groups in total. The lowest BCUT2D eigenvalue weighted by Crippen LogP contribution is -2.49. The number of nitrogens with zero attached hydrogens (tertiary/aromatic N) is 1. The van der Waals surface area contributed by atoms with Crippen LogP contribution in [0, 0.1) is 12.3 Å². The molecule has 0 aliphatic heterocycles. The van der Waals surface area contributed by atoms with Crippen molar-refractivity contribution in [2.45, 2.75) is 26.2 Å². The molecule has 0 spiro atoms. The Bertz CT molecular complexity index is 401. The molecule has 1 aromatic rings. The van der Waals surface area contributed by atoms with Crippen LogP contribution in [0.5, 0.6) is 0 Å². The summed E-state index contributed by atoms with van der Waals surface area (Å²) in [5.74, 6) is 0.0371. The Hall–Kier alpha value is -1.35. The summed E-state index contributed by atoms with van der Waals surface area (Å²) in [7, 11) is 1.78. The Morgan fingerprint density at radius 3 is 2.35 bits per heavy atom. The van der Waals surface area contributed by atoms with Crippen molar-refractivity contribution < 1.29 is 9.90 Å². The van der Waals surface area contributed by atoms with E-state index in [1.807, 2.05) is 31.2 Å². The van der Waals surface area contributed by atoms with Gasteiger partial charge in [-0.3, -0.25) is 4.79 Å². The SMILES string of the molecule is Cc1ccc(N(C)C(=O)C2(CO)CCC2)cc1. The second-order valence-corrected chi connectivity index (χ2v) is 4.99. The maximum atomic E-state index is 12.3. The van der Waals surface area contributed by atoms with Crippen molar-refractivity contribution in [2.75, 3.05) is 18.6 Å². The van der Waals surface area contributed by atoms with E-state index in [9.17, 15) is 9.90 Å². The molecule has 0 saturated heterocycles. The second kappa shape index (κ2) is 4.49. The summed E-state index contributed by atoms with van der Waals surface area (Å²) in [6.07, 6.45) is 2.64. The third kappa shape index (κ3) is 2.07. The first-order chi connectivity index (χ1) is 8.09. The molecule has 0 unspecified atom stereocenters. The average Bonchev–Trinajstić information content (AvgIpc) is 2.28. The number of aliphatic hydroxyl groups excluding tert-OH is 1. The number of anilines is 1. The number of carbonyl (C=O) groups is 1. The second-order valence-electron chi connectivity index (χ2n) is 4.99. The summed E-state index contributed by atoms with van der Waals surface area (Å²) in [5, 5.41) is 9.40. The first kappa shape index (κ1) is 12.1. The van der Waals surface area contributed by atoms with Gasteiger partial charge in [-0.15, -0.1) is 0 Å². The molecule has 1 aliphatic carbocycles. The van der Waals surface area contributed by atoms with E-state index in [2.05, 4.69) is 0 Å². The molecule has 17 heavy (non-hydrogen) atoms. The molecule has 1 aliphatic rings. The van der Waals surface area contributed by atoms with Crippen LogP contribution >= 0.6 is 0 Å². The number of carbonyl (C=O) groups excluding carboxylic acids is 1. The van der Waals surface area contributed by atoms with E-state index in [0.717, 1.165) is 24.9 Å². The van der Waals surface area contributed by atoms with E-state index >= 15 is 0 Å². The van der Waals surface area contributed by atoms with Crippen LogP contribution in [0.1, 0.15) is 24.8 Å². The molecule has 3 nitrogen and oxygen atoms in total. The van der Waals surface area contributed by atoms with Gasteiger partial charge in [-0.25, -0.2) is 0 Å². The molecule has 0 aromatic heterocycles. The Balaban J connectivity index is 2.17. The number of hydrogen-bond acceptors (Lipinski definition) is 2. The molecular formula is C14H19NO2. The Labute approximate surface area is 102 Å². The lowest BCUT2D eigenvalue weighted by atomic mass is 9.68. The van der Waals surface area contributed by atoms with Crippen molar-refractivity contribution >= 4 is 11.6 Å². The van der Waals surface area contributed by atoms with Crippen molar-refractivity contribution in [1.29, 1.82) is 0 Å². The van der Waals surface area contributed by atoms with Gasteiger partial charge < -0.3 is 10.0 Å². The Morgan fingerprint density at radius 1 is 1.35 bits per heavy atom. The topological polar surface area (TPSA) is 40.5 Å². The van der Waals surface area contributed by atoms with Gasteiger partial charge in [0.05, 0.1) is 12.0 Å². The highest BCUT2D eigenvalue weighted by Gasteiger charge is 2.45. The number of aryl methyl sites for hydroxylation is 1. The van der Waals surface area contributed by atoms with E-state index < -0.39 is 5.41 Å². The standard InChI is InChI=1S/C14H19NO2/c1-11-4-6-12(7-5-11)15(2)13(17)14(10-16)8-3-9-14/h4-7,16H,3,8-10H2,1-2H3. The van der Waals surface area contributed by atoms with Crippen molar-refractivity contribution in [2.24, 2.45) is 5.41 Å². The fraction of sp³-hybridized carbons (Fsp3) is 0.500. The molecule has 92 valence electrons. The van der Waals surface area contributed by atoms with Gasteiger partial charge in [0.25, 0.3) is 0 Å². The van der Waals surface area contributed by atoms with E-state index in [1.54, 1.807) is 11.9 Å². The molecule has 0 atom stereocenters. The zero-order valence-electron chi connectivity index (χ0n) is 10.4. The molecule has 2 rings (SSSR count). The maximum Gasteiger partial charge on any atom is 0.235 e. The molecule has 0 radical (unpaired) electrons.